The highest BCUT2D eigenvalue weighted by Crippen LogP contribution is 2.31. The van der Waals surface area contributed by atoms with Gasteiger partial charge in [-0.3, -0.25) is 10.1 Å². The van der Waals surface area contributed by atoms with Crippen LogP contribution in [0.4, 0.5) is 15.8 Å². The van der Waals surface area contributed by atoms with E-state index in [-0.39, 0.29) is 11.7 Å². The zero-order valence-corrected chi connectivity index (χ0v) is 15.5. The van der Waals surface area contributed by atoms with Gasteiger partial charge in [-0.05, 0) is 57.1 Å². The van der Waals surface area contributed by atoms with Crippen molar-refractivity contribution in [3.63, 3.8) is 0 Å². The average molecular weight is 365 g/mol. The first kappa shape index (κ1) is 19.0. The molecule has 0 aromatic heterocycles. The average Bonchev–Trinajstić information content (AvgIpc) is 2.65. The summed E-state index contributed by atoms with van der Waals surface area (Å²) in [4.78, 5) is 13.2. The molecule has 1 aromatic carbocycles. The highest BCUT2D eigenvalue weighted by Gasteiger charge is 2.29. The fourth-order valence-corrected chi connectivity index (χ4v) is 4.21. The van der Waals surface area contributed by atoms with E-state index in [0.717, 1.165) is 44.8 Å². The molecule has 0 bridgehead atoms. The first-order chi connectivity index (χ1) is 12.5. The minimum absolute atomic E-state index is 0.185. The first-order valence-corrected chi connectivity index (χ1v) is 9.46. The van der Waals surface area contributed by atoms with Gasteiger partial charge in [0.15, 0.2) is 0 Å². The summed E-state index contributed by atoms with van der Waals surface area (Å²) in [5.74, 6) is -0.538. The molecule has 144 valence electrons. The van der Waals surface area contributed by atoms with E-state index in [1.54, 1.807) is 20.1 Å². The number of nitrogens with zero attached hydrogens (tertiary/aromatic N) is 2. The Bertz CT molecular complexity index is 639. The van der Waals surface area contributed by atoms with Gasteiger partial charge in [-0.25, -0.2) is 4.39 Å². The van der Waals surface area contributed by atoms with Gasteiger partial charge in [-0.15, -0.1) is 0 Å². The number of benzene rings is 1. The molecule has 1 heterocycles. The van der Waals surface area contributed by atoms with Gasteiger partial charge < -0.3 is 15.0 Å². The molecule has 2 fully saturated rings. The van der Waals surface area contributed by atoms with E-state index < -0.39 is 10.7 Å². The fraction of sp³-hybridized carbons (Fsp3) is 0.684. The highest BCUT2D eigenvalue weighted by molar-refractivity contribution is 5.63. The maximum absolute atomic E-state index is 13.7. The van der Waals surface area contributed by atoms with E-state index in [1.807, 2.05) is 0 Å². The normalized spacial score (nSPS) is 25.2. The van der Waals surface area contributed by atoms with Gasteiger partial charge in [-0.2, -0.15) is 0 Å². The van der Waals surface area contributed by atoms with Crippen LogP contribution in [0.2, 0.25) is 0 Å². The number of aryl methyl sites for hydroxylation is 1. The van der Waals surface area contributed by atoms with Gasteiger partial charge in [0.05, 0.1) is 17.1 Å². The molecule has 3 rings (SSSR count). The summed E-state index contributed by atoms with van der Waals surface area (Å²) in [5.41, 5.74) is 0.659. The standard InChI is InChI=1S/C19H28FN3O3/c1-13-11-18(19(23(24)25)12-17(13)20)21-14-7-9-22(10-8-14)15-3-5-16(26-2)6-4-15/h11-12,14-16,21H,3-10H2,1-2H3. The van der Waals surface area contributed by atoms with Crippen LogP contribution in [0.3, 0.4) is 0 Å². The van der Waals surface area contributed by atoms with Crippen molar-refractivity contribution >= 4 is 11.4 Å². The second-order valence-corrected chi connectivity index (χ2v) is 7.50. The Morgan fingerprint density at radius 3 is 2.42 bits per heavy atom. The minimum Gasteiger partial charge on any atom is -0.381 e. The number of hydrogen-bond acceptors (Lipinski definition) is 5. The lowest BCUT2D eigenvalue weighted by Crippen LogP contribution is -2.46. The van der Waals surface area contributed by atoms with E-state index in [0.29, 0.717) is 23.4 Å². The molecule has 2 aliphatic rings. The number of nitro benzene ring substituents is 1. The Balaban J connectivity index is 1.56. The lowest BCUT2D eigenvalue weighted by atomic mass is 9.90. The molecule has 0 unspecified atom stereocenters. The van der Waals surface area contributed by atoms with Gasteiger partial charge in [0.1, 0.15) is 11.5 Å². The summed E-state index contributed by atoms with van der Waals surface area (Å²) in [6.07, 6.45) is 6.90. The van der Waals surface area contributed by atoms with Crippen LogP contribution >= 0.6 is 0 Å². The SMILES string of the molecule is COC1CCC(N2CCC(Nc3cc(C)c(F)cc3[N+](=O)[O-])CC2)CC1. The molecule has 1 saturated heterocycles. The lowest BCUT2D eigenvalue weighted by Gasteiger charge is -2.40. The second-order valence-electron chi connectivity index (χ2n) is 7.50. The fourth-order valence-electron chi connectivity index (χ4n) is 4.21. The van der Waals surface area contributed by atoms with Crippen LogP contribution in [0.15, 0.2) is 12.1 Å². The summed E-state index contributed by atoms with van der Waals surface area (Å²) in [7, 11) is 1.79. The van der Waals surface area contributed by atoms with Crippen LogP contribution in [0.5, 0.6) is 0 Å². The van der Waals surface area contributed by atoms with Gasteiger partial charge in [-0.1, -0.05) is 0 Å². The smallest absolute Gasteiger partial charge is 0.295 e. The van der Waals surface area contributed by atoms with Crippen molar-refractivity contribution in [1.82, 2.24) is 4.90 Å². The molecule has 26 heavy (non-hydrogen) atoms. The van der Waals surface area contributed by atoms with Crippen molar-refractivity contribution in [2.24, 2.45) is 0 Å². The number of nitrogens with one attached hydrogen (secondary N) is 1. The number of likely N-dealkylation sites (tertiary alicyclic amines) is 1. The third kappa shape index (κ3) is 4.32. The lowest BCUT2D eigenvalue weighted by molar-refractivity contribution is -0.384. The first-order valence-electron chi connectivity index (χ1n) is 9.46. The number of nitro groups is 1. The number of halogens is 1. The van der Waals surface area contributed by atoms with Crippen molar-refractivity contribution in [2.75, 3.05) is 25.5 Å². The Kier molecular flexibility index (Phi) is 6.09. The predicted molar refractivity (Wildman–Crippen MR) is 99.1 cm³/mol. The van der Waals surface area contributed by atoms with Crippen molar-refractivity contribution < 1.29 is 14.1 Å². The van der Waals surface area contributed by atoms with Gasteiger partial charge in [0.25, 0.3) is 5.69 Å². The van der Waals surface area contributed by atoms with Crippen molar-refractivity contribution in [3.8, 4) is 0 Å². The summed E-state index contributed by atoms with van der Waals surface area (Å²) in [6.45, 7) is 3.62. The van der Waals surface area contributed by atoms with Crippen molar-refractivity contribution in [2.45, 2.75) is 63.6 Å². The van der Waals surface area contributed by atoms with E-state index >= 15 is 0 Å². The zero-order valence-electron chi connectivity index (χ0n) is 15.5. The molecule has 1 aliphatic carbocycles. The zero-order chi connectivity index (χ0) is 18.7. The number of rotatable bonds is 5. The number of hydrogen-bond donors (Lipinski definition) is 1. The monoisotopic (exact) mass is 365 g/mol. The quantitative estimate of drug-likeness (QED) is 0.634. The summed E-state index contributed by atoms with van der Waals surface area (Å²) >= 11 is 0. The Morgan fingerprint density at radius 2 is 1.85 bits per heavy atom. The van der Waals surface area contributed by atoms with Crippen LogP contribution in [-0.4, -0.2) is 48.2 Å². The van der Waals surface area contributed by atoms with E-state index in [9.17, 15) is 14.5 Å². The van der Waals surface area contributed by atoms with Gasteiger partial charge in [0, 0.05) is 32.3 Å². The second kappa shape index (κ2) is 8.31. The molecule has 0 spiro atoms. The summed E-state index contributed by atoms with van der Waals surface area (Å²) < 4.78 is 19.1. The van der Waals surface area contributed by atoms with E-state index in [1.165, 1.54) is 12.8 Å². The minimum atomic E-state index is -0.538. The summed E-state index contributed by atoms with van der Waals surface area (Å²) in [5, 5.41) is 14.5. The number of ether oxygens (including phenoxy) is 1. The van der Waals surface area contributed by atoms with Crippen LogP contribution < -0.4 is 5.32 Å². The van der Waals surface area contributed by atoms with Crippen molar-refractivity contribution in [3.05, 3.63) is 33.6 Å². The van der Waals surface area contributed by atoms with Gasteiger partial charge in [0.2, 0.25) is 0 Å². The van der Waals surface area contributed by atoms with Crippen LogP contribution in [0.25, 0.3) is 0 Å². The predicted octanol–water partition coefficient (Wildman–Crippen LogP) is 3.88. The number of piperidine rings is 1. The molecule has 1 N–H and O–H groups in total. The van der Waals surface area contributed by atoms with Crippen LogP contribution in [0.1, 0.15) is 44.1 Å². The molecular weight excluding hydrogens is 337 g/mol. The Labute approximate surface area is 153 Å². The Morgan fingerprint density at radius 1 is 1.19 bits per heavy atom. The maximum atomic E-state index is 13.7. The molecule has 0 atom stereocenters. The summed E-state index contributed by atoms with van der Waals surface area (Å²) in [6, 6.07) is 3.38. The van der Waals surface area contributed by atoms with Crippen LogP contribution in [-0.2, 0) is 4.74 Å². The molecule has 0 amide bonds. The van der Waals surface area contributed by atoms with E-state index in [4.69, 9.17) is 4.74 Å². The molecule has 6 nitrogen and oxygen atoms in total. The molecule has 1 saturated carbocycles. The molecule has 1 aliphatic heterocycles. The van der Waals surface area contributed by atoms with Gasteiger partial charge >= 0.3 is 0 Å². The maximum Gasteiger partial charge on any atom is 0.295 e. The number of methoxy groups -OCH3 is 1. The molecule has 1 aromatic rings. The molecule has 7 heteroatoms. The van der Waals surface area contributed by atoms with Crippen molar-refractivity contribution in [1.29, 1.82) is 0 Å². The van der Waals surface area contributed by atoms with Crippen LogP contribution in [0, 0.1) is 22.9 Å². The third-order valence-corrected chi connectivity index (χ3v) is 5.86. The van der Waals surface area contributed by atoms with E-state index in [2.05, 4.69) is 10.2 Å². The molecular formula is C19H28FN3O3. The third-order valence-electron chi connectivity index (χ3n) is 5.86. The molecule has 0 radical (unpaired) electrons. The Hall–Kier alpha value is -1.73. The highest BCUT2D eigenvalue weighted by atomic mass is 19.1. The topological polar surface area (TPSA) is 67.6 Å². The number of anilines is 1. The largest absolute Gasteiger partial charge is 0.381 e.